The Labute approximate surface area is 109 Å². The first kappa shape index (κ1) is 13.3. The molecule has 1 aliphatic rings. The maximum absolute atomic E-state index is 13.7. The Morgan fingerprint density at radius 2 is 2.22 bits per heavy atom. The highest BCUT2D eigenvalue weighted by molar-refractivity contribution is 5.31. The van der Waals surface area contributed by atoms with Gasteiger partial charge >= 0.3 is 0 Å². The van der Waals surface area contributed by atoms with Gasteiger partial charge in [0.05, 0.1) is 7.11 Å². The smallest absolute Gasteiger partial charge is 0.165 e. The number of rotatable bonds is 7. The van der Waals surface area contributed by atoms with Crippen molar-refractivity contribution in [1.82, 2.24) is 5.32 Å². The summed E-state index contributed by atoms with van der Waals surface area (Å²) in [6, 6.07) is 5.53. The number of halogens is 1. The van der Waals surface area contributed by atoms with Crippen molar-refractivity contribution in [3.8, 4) is 5.75 Å². The van der Waals surface area contributed by atoms with Crippen molar-refractivity contribution in [3.05, 3.63) is 29.6 Å². The second kappa shape index (κ2) is 6.19. The van der Waals surface area contributed by atoms with Crippen LogP contribution in [0.4, 0.5) is 4.39 Å². The fourth-order valence-corrected chi connectivity index (χ4v) is 2.34. The molecule has 2 rings (SSSR count). The summed E-state index contributed by atoms with van der Waals surface area (Å²) < 4.78 is 18.7. The van der Waals surface area contributed by atoms with Crippen molar-refractivity contribution in [3.63, 3.8) is 0 Å². The number of benzene rings is 1. The molecule has 2 nitrogen and oxygen atoms in total. The molecule has 100 valence electrons. The van der Waals surface area contributed by atoms with Gasteiger partial charge in [-0.05, 0) is 43.0 Å². The minimum atomic E-state index is -0.274. The number of methoxy groups -OCH3 is 1. The van der Waals surface area contributed by atoms with Crippen LogP contribution < -0.4 is 10.1 Å². The quantitative estimate of drug-likeness (QED) is 0.798. The molecule has 18 heavy (non-hydrogen) atoms. The van der Waals surface area contributed by atoms with Crippen LogP contribution in [-0.4, -0.2) is 13.7 Å². The molecule has 1 atom stereocenters. The summed E-state index contributed by atoms with van der Waals surface area (Å²) in [7, 11) is 1.49. The summed E-state index contributed by atoms with van der Waals surface area (Å²) in [4.78, 5) is 0. The van der Waals surface area contributed by atoms with Crippen molar-refractivity contribution in [2.24, 2.45) is 5.92 Å². The first-order valence-electron chi connectivity index (χ1n) is 6.81. The Morgan fingerprint density at radius 1 is 1.44 bits per heavy atom. The maximum atomic E-state index is 13.7. The van der Waals surface area contributed by atoms with E-state index in [1.54, 1.807) is 12.1 Å². The number of hydrogen-bond donors (Lipinski definition) is 1. The Bertz CT molecular complexity index is 390. The predicted molar refractivity (Wildman–Crippen MR) is 71.3 cm³/mol. The molecule has 1 fully saturated rings. The molecule has 0 radical (unpaired) electrons. The van der Waals surface area contributed by atoms with Crippen LogP contribution in [0.25, 0.3) is 0 Å². The van der Waals surface area contributed by atoms with Crippen LogP contribution in [0.15, 0.2) is 18.2 Å². The molecule has 0 bridgehead atoms. The first-order chi connectivity index (χ1) is 8.74. The highest BCUT2D eigenvalue weighted by atomic mass is 19.1. The molecule has 1 N–H and O–H groups in total. The fraction of sp³-hybridized carbons (Fsp3) is 0.600. The standard InChI is InChI=1S/C15H22FNO/c1-3-17-14(8-6-11-4-5-11)12-7-9-15(18-2)13(16)10-12/h7,9-11,14,17H,3-6,8H2,1-2H3. The average molecular weight is 251 g/mol. The van der Waals surface area contributed by atoms with Gasteiger partial charge in [-0.2, -0.15) is 0 Å². The van der Waals surface area contributed by atoms with Gasteiger partial charge in [-0.15, -0.1) is 0 Å². The Hall–Kier alpha value is -1.09. The van der Waals surface area contributed by atoms with Gasteiger partial charge in [0.15, 0.2) is 11.6 Å². The van der Waals surface area contributed by atoms with E-state index in [9.17, 15) is 4.39 Å². The van der Waals surface area contributed by atoms with Crippen LogP contribution in [0.2, 0.25) is 0 Å². The lowest BCUT2D eigenvalue weighted by Gasteiger charge is -2.19. The second-order valence-electron chi connectivity index (χ2n) is 5.02. The largest absolute Gasteiger partial charge is 0.494 e. The molecule has 1 aliphatic carbocycles. The Balaban J connectivity index is 2.05. The van der Waals surface area contributed by atoms with Gasteiger partial charge in [-0.3, -0.25) is 0 Å². The molecule has 0 amide bonds. The van der Waals surface area contributed by atoms with E-state index in [0.717, 1.165) is 24.4 Å². The molecule has 0 spiro atoms. The third kappa shape index (κ3) is 3.45. The molecule has 1 saturated carbocycles. The van der Waals surface area contributed by atoms with Gasteiger partial charge in [0, 0.05) is 6.04 Å². The Kier molecular flexibility index (Phi) is 4.59. The van der Waals surface area contributed by atoms with Gasteiger partial charge < -0.3 is 10.1 Å². The SMILES string of the molecule is CCNC(CCC1CC1)c1ccc(OC)c(F)c1. The zero-order valence-corrected chi connectivity index (χ0v) is 11.2. The van der Waals surface area contributed by atoms with Crippen LogP contribution in [0.1, 0.15) is 44.2 Å². The van der Waals surface area contributed by atoms with E-state index in [-0.39, 0.29) is 11.9 Å². The lowest BCUT2D eigenvalue weighted by molar-refractivity contribution is 0.385. The molecule has 0 heterocycles. The monoisotopic (exact) mass is 251 g/mol. The maximum Gasteiger partial charge on any atom is 0.165 e. The number of ether oxygens (including phenoxy) is 1. The molecular weight excluding hydrogens is 229 g/mol. The van der Waals surface area contributed by atoms with Crippen molar-refractivity contribution in [2.75, 3.05) is 13.7 Å². The molecular formula is C15H22FNO. The third-order valence-corrected chi connectivity index (χ3v) is 3.59. The lowest BCUT2D eigenvalue weighted by atomic mass is 10.00. The van der Waals surface area contributed by atoms with E-state index in [0.29, 0.717) is 5.75 Å². The van der Waals surface area contributed by atoms with Crippen LogP contribution in [0, 0.1) is 11.7 Å². The van der Waals surface area contributed by atoms with Gasteiger partial charge in [-0.1, -0.05) is 25.8 Å². The first-order valence-corrected chi connectivity index (χ1v) is 6.81. The highest BCUT2D eigenvalue weighted by Crippen LogP contribution is 2.36. The van der Waals surface area contributed by atoms with Crippen LogP contribution in [-0.2, 0) is 0 Å². The third-order valence-electron chi connectivity index (χ3n) is 3.59. The lowest BCUT2D eigenvalue weighted by Crippen LogP contribution is -2.21. The zero-order chi connectivity index (χ0) is 13.0. The van der Waals surface area contributed by atoms with E-state index in [2.05, 4.69) is 12.2 Å². The number of hydrogen-bond acceptors (Lipinski definition) is 2. The van der Waals surface area contributed by atoms with Crippen molar-refractivity contribution in [1.29, 1.82) is 0 Å². The predicted octanol–water partition coefficient (Wildman–Crippen LogP) is 3.68. The van der Waals surface area contributed by atoms with Gasteiger partial charge in [0.1, 0.15) is 0 Å². The molecule has 1 aromatic carbocycles. The van der Waals surface area contributed by atoms with E-state index in [1.807, 2.05) is 6.07 Å². The average Bonchev–Trinajstić information content (AvgIpc) is 3.18. The molecule has 0 aliphatic heterocycles. The summed E-state index contributed by atoms with van der Waals surface area (Å²) in [5, 5.41) is 3.44. The minimum absolute atomic E-state index is 0.260. The second-order valence-corrected chi connectivity index (χ2v) is 5.02. The van der Waals surface area contributed by atoms with E-state index in [4.69, 9.17) is 4.74 Å². The van der Waals surface area contributed by atoms with Crippen molar-refractivity contribution < 1.29 is 9.13 Å². The summed E-state index contributed by atoms with van der Waals surface area (Å²) in [6.45, 7) is 2.99. The summed E-state index contributed by atoms with van der Waals surface area (Å²) in [5.74, 6) is 0.953. The van der Waals surface area contributed by atoms with Gasteiger partial charge in [0.2, 0.25) is 0 Å². The molecule has 3 heteroatoms. The minimum Gasteiger partial charge on any atom is -0.494 e. The Morgan fingerprint density at radius 3 is 2.78 bits per heavy atom. The molecule has 0 aromatic heterocycles. The van der Waals surface area contributed by atoms with Crippen molar-refractivity contribution >= 4 is 0 Å². The fourth-order valence-electron chi connectivity index (χ4n) is 2.34. The van der Waals surface area contributed by atoms with E-state index >= 15 is 0 Å². The molecule has 0 saturated heterocycles. The van der Waals surface area contributed by atoms with Crippen LogP contribution in [0.5, 0.6) is 5.75 Å². The van der Waals surface area contributed by atoms with Gasteiger partial charge in [-0.25, -0.2) is 4.39 Å². The van der Waals surface area contributed by atoms with Crippen LogP contribution >= 0.6 is 0 Å². The molecule has 1 aromatic rings. The molecule has 1 unspecified atom stereocenters. The van der Waals surface area contributed by atoms with E-state index in [1.165, 1.54) is 26.4 Å². The highest BCUT2D eigenvalue weighted by Gasteiger charge is 2.23. The summed E-state index contributed by atoms with van der Waals surface area (Å²) in [6.07, 6.45) is 5.07. The topological polar surface area (TPSA) is 21.3 Å². The van der Waals surface area contributed by atoms with Crippen LogP contribution in [0.3, 0.4) is 0 Å². The normalized spacial score (nSPS) is 16.6. The zero-order valence-electron chi connectivity index (χ0n) is 11.2. The summed E-state index contributed by atoms with van der Waals surface area (Å²) >= 11 is 0. The van der Waals surface area contributed by atoms with Gasteiger partial charge in [0.25, 0.3) is 0 Å². The van der Waals surface area contributed by atoms with Crippen molar-refractivity contribution in [2.45, 2.75) is 38.6 Å². The van der Waals surface area contributed by atoms with E-state index < -0.39 is 0 Å². The number of nitrogens with one attached hydrogen (secondary N) is 1. The summed E-state index contributed by atoms with van der Waals surface area (Å²) in [5.41, 5.74) is 1.02.